The van der Waals surface area contributed by atoms with Gasteiger partial charge in [0, 0.05) is 6.42 Å². The van der Waals surface area contributed by atoms with E-state index in [4.69, 9.17) is 4.74 Å². The van der Waals surface area contributed by atoms with Crippen LogP contribution in [-0.2, 0) is 9.53 Å². The summed E-state index contributed by atoms with van der Waals surface area (Å²) in [6.45, 7) is 2.19. The minimum absolute atomic E-state index is 0.00254. The first-order valence-electron chi connectivity index (χ1n) is 5.02. The van der Waals surface area contributed by atoms with Crippen molar-refractivity contribution in [2.45, 2.75) is 58.0 Å². The molecule has 1 aliphatic rings. The molecule has 1 heterocycles. The number of ether oxygens (including phenoxy) is 1. The van der Waals surface area contributed by atoms with Gasteiger partial charge in [0.25, 0.3) is 0 Å². The first kappa shape index (κ1) is 9.56. The molecule has 1 atom stereocenters. The normalized spacial score (nSPS) is 23.8. The summed E-state index contributed by atoms with van der Waals surface area (Å²) in [4.78, 5) is 10.9. The maximum atomic E-state index is 10.9. The number of carbonyl (C=O) groups is 1. The first-order chi connectivity index (χ1) is 5.83. The molecule has 0 unspecified atom stereocenters. The van der Waals surface area contributed by atoms with Crippen molar-refractivity contribution in [1.29, 1.82) is 0 Å². The predicted octanol–water partition coefficient (Wildman–Crippen LogP) is 2.66. The van der Waals surface area contributed by atoms with E-state index in [1.54, 1.807) is 0 Å². The van der Waals surface area contributed by atoms with Crippen LogP contribution >= 0.6 is 0 Å². The van der Waals surface area contributed by atoms with Crippen molar-refractivity contribution < 1.29 is 9.53 Å². The summed E-state index contributed by atoms with van der Waals surface area (Å²) in [6, 6.07) is 0. The van der Waals surface area contributed by atoms with Crippen molar-refractivity contribution in [3.63, 3.8) is 0 Å². The van der Waals surface area contributed by atoms with Crippen LogP contribution in [0.2, 0.25) is 0 Å². The van der Waals surface area contributed by atoms with E-state index in [-0.39, 0.29) is 12.1 Å². The summed E-state index contributed by atoms with van der Waals surface area (Å²) < 4.78 is 5.19. The molecule has 0 N–H and O–H groups in total. The number of hydrogen-bond donors (Lipinski definition) is 0. The Bertz CT molecular complexity index is 143. The van der Waals surface area contributed by atoms with Crippen molar-refractivity contribution in [3.05, 3.63) is 0 Å². The molecule has 0 spiro atoms. The van der Waals surface area contributed by atoms with Crippen molar-refractivity contribution in [2.24, 2.45) is 0 Å². The topological polar surface area (TPSA) is 26.3 Å². The fourth-order valence-corrected chi connectivity index (χ4v) is 1.60. The Morgan fingerprint density at radius 3 is 3.00 bits per heavy atom. The Hall–Kier alpha value is -0.530. The third-order valence-electron chi connectivity index (χ3n) is 2.33. The maximum absolute atomic E-state index is 10.9. The van der Waals surface area contributed by atoms with Gasteiger partial charge in [0.05, 0.1) is 0 Å². The van der Waals surface area contributed by atoms with Crippen molar-refractivity contribution in [1.82, 2.24) is 0 Å². The minimum Gasteiger partial charge on any atom is -0.462 e. The van der Waals surface area contributed by atoms with Crippen LogP contribution in [0.4, 0.5) is 0 Å². The highest BCUT2D eigenvalue weighted by molar-refractivity contribution is 5.70. The van der Waals surface area contributed by atoms with Gasteiger partial charge in [-0.25, -0.2) is 0 Å². The molecule has 2 heteroatoms. The van der Waals surface area contributed by atoms with Gasteiger partial charge in [0.2, 0.25) is 0 Å². The molecule has 2 nitrogen and oxygen atoms in total. The van der Waals surface area contributed by atoms with Crippen LogP contribution in [0.1, 0.15) is 51.9 Å². The van der Waals surface area contributed by atoms with E-state index < -0.39 is 0 Å². The van der Waals surface area contributed by atoms with E-state index in [0.29, 0.717) is 6.42 Å². The van der Waals surface area contributed by atoms with E-state index in [9.17, 15) is 4.79 Å². The monoisotopic (exact) mass is 170 g/mol. The highest BCUT2D eigenvalue weighted by Gasteiger charge is 2.19. The zero-order chi connectivity index (χ0) is 8.81. The average Bonchev–Trinajstić information content (AvgIpc) is 2.05. The first-order valence-corrected chi connectivity index (χ1v) is 5.02. The molecule has 1 saturated heterocycles. The van der Waals surface area contributed by atoms with Crippen LogP contribution in [-0.4, -0.2) is 12.1 Å². The number of cyclic esters (lactones) is 1. The Morgan fingerprint density at radius 1 is 1.50 bits per heavy atom. The van der Waals surface area contributed by atoms with Crippen LogP contribution in [0.3, 0.4) is 0 Å². The molecule has 0 radical (unpaired) electrons. The van der Waals surface area contributed by atoms with Crippen molar-refractivity contribution in [2.75, 3.05) is 0 Å². The molecule has 70 valence electrons. The summed E-state index contributed by atoms with van der Waals surface area (Å²) in [5, 5.41) is 0. The SMILES string of the molecule is CCCCC[C@@H]1CCCC(=O)O1. The second-order valence-electron chi connectivity index (χ2n) is 3.50. The zero-order valence-electron chi connectivity index (χ0n) is 7.84. The fourth-order valence-electron chi connectivity index (χ4n) is 1.60. The van der Waals surface area contributed by atoms with Gasteiger partial charge in [-0.2, -0.15) is 0 Å². The molecule has 0 aromatic heterocycles. The van der Waals surface area contributed by atoms with E-state index in [1.807, 2.05) is 0 Å². The minimum atomic E-state index is 0.00254. The van der Waals surface area contributed by atoms with Crippen LogP contribution in [0.25, 0.3) is 0 Å². The number of rotatable bonds is 4. The van der Waals surface area contributed by atoms with Gasteiger partial charge in [-0.3, -0.25) is 4.79 Å². The Labute approximate surface area is 74.3 Å². The van der Waals surface area contributed by atoms with Crippen LogP contribution < -0.4 is 0 Å². The summed E-state index contributed by atoms with van der Waals surface area (Å²) in [7, 11) is 0. The number of hydrogen-bond acceptors (Lipinski definition) is 2. The number of esters is 1. The maximum Gasteiger partial charge on any atom is 0.306 e. The predicted molar refractivity (Wildman–Crippen MR) is 47.9 cm³/mol. The third kappa shape index (κ3) is 3.24. The molecule has 0 aromatic rings. The molecular formula is C10H18O2. The fraction of sp³-hybridized carbons (Fsp3) is 0.900. The van der Waals surface area contributed by atoms with Crippen molar-refractivity contribution >= 4 is 5.97 Å². The quantitative estimate of drug-likeness (QED) is 0.479. The highest BCUT2D eigenvalue weighted by Crippen LogP contribution is 2.18. The standard InChI is InChI=1S/C10H18O2/c1-2-3-4-6-9-7-5-8-10(11)12-9/h9H,2-8H2,1H3/t9-/m1/s1. The Kier molecular flexibility index (Phi) is 4.12. The van der Waals surface area contributed by atoms with Crippen molar-refractivity contribution in [3.8, 4) is 0 Å². The second-order valence-corrected chi connectivity index (χ2v) is 3.50. The lowest BCUT2D eigenvalue weighted by Gasteiger charge is -2.21. The van der Waals surface area contributed by atoms with E-state index in [2.05, 4.69) is 6.92 Å². The molecule has 0 saturated carbocycles. The van der Waals surface area contributed by atoms with E-state index in [1.165, 1.54) is 19.3 Å². The third-order valence-corrected chi connectivity index (χ3v) is 2.33. The number of unbranched alkanes of at least 4 members (excludes halogenated alkanes) is 2. The molecule has 1 fully saturated rings. The van der Waals surface area contributed by atoms with E-state index in [0.717, 1.165) is 19.3 Å². The smallest absolute Gasteiger partial charge is 0.306 e. The van der Waals surface area contributed by atoms with Gasteiger partial charge in [-0.05, 0) is 25.7 Å². The molecule has 0 aromatic carbocycles. The lowest BCUT2D eigenvalue weighted by atomic mass is 10.0. The molecular weight excluding hydrogens is 152 g/mol. The molecule has 0 amide bonds. The van der Waals surface area contributed by atoms with Gasteiger partial charge in [-0.15, -0.1) is 0 Å². The van der Waals surface area contributed by atoms with Crippen LogP contribution in [0.5, 0.6) is 0 Å². The lowest BCUT2D eigenvalue weighted by Crippen LogP contribution is -2.23. The second kappa shape index (κ2) is 5.18. The van der Waals surface area contributed by atoms with Gasteiger partial charge in [-0.1, -0.05) is 19.8 Å². The molecule has 12 heavy (non-hydrogen) atoms. The molecule has 0 bridgehead atoms. The highest BCUT2D eigenvalue weighted by atomic mass is 16.5. The largest absolute Gasteiger partial charge is 0.462 e. The summed E-state index contributed by atoms with van der Waals surface area (Å²) in [5.41, 5.74) is 0. The Morgan fingerprint density at radius 2 is 2.33 bits per heavy atom. The Balaban J connectivity index is 2.10. The summed E-state index contributed by atoms with van der Waals surface area (Å²) >= 11 is 0. The van der Waals surface area contributed by atoms with Gasteiger partial charge in [0.1, 0.15) is 6.10 Å². The molecule has 1 rings (SSSR count). The van der Waals surface area contributed by atoms with Gasteiger partial charge < -0.3 is 4.74 Å². The van der Waals surface area contributed by atoms with Gasteiger partial charge >= 0.3 is 5.97 Å². The van der Waals surface area contributed by atoms with E-state index >= 15 is 0 Å². The summed E-state index contributed by atoms with van der Waals surface area (Å²) in [5.74, 6) is 0.00254. The molecule has 1 aliphatic heterocycles. The lowest BCUT2D eigenvalue weighted by molar-refractivity contribution is -0.154. The average molecular weight is 170 g/mol. The van der Waals surface area contributed by atoms with Crippen LogP contribution in [0.15, 0.2) is 0 Å². The zero-order valence-corrected chi connectivity index (χ0v) is 7.84. The molecule has 0 aliphatic carbocycles. The van der Waals surface area contributed by atoms with Gasteiger partial charge in [0.15, 0.2) is 0 Å². The number of carbonyl (C=O) groups excluding carboxylic acids is 1. The summed E-state index contributed by atoms with van der Waals surface area (Å²) in [6.07, 6.45) is 7.73. The van der Waals surface area contributed by atoms with Crippen LogP contribution in [0, 0.1) is 0 Å².